The van der Waals surface area contributed by atoms with Gasteiger partial charge in [0.05, 0.1) is 44.6 Å². The third-order valence-corrected chi connectivity index (χ3v) is 8.74. The smallest absolute Gasteiger partial charge is 0.174 e. The molecule has 0 saturated heterocycles. The summed E-state index contributed by atoms with van der Waals surface area (Å²) in [5, 5.41) is 83.1. The molecular formula is C30H38O13. The average molecular weight is 607 g/mol. The summed E-state index contributed by atoms with van der Waals surface area (Å²) in [5.41, 5.74) is 0.464. The second-order valence-electron chi connectivity index (χ2n) is 11.6. The van der Waals surface area contributed by atoms with Gasteiger partial charge in [0.25, 0.3) is 0 Å². The van der Waals surface area contributed by atoms with Gasteiger partial charge in [0, 0.05) is 24.5 Å². The Morgan fingerprint density at radius 1 is 0.860 bits per heavy atom. The van der Waals surface area contributed by atoms with Crippen molar-refractivity contribution < 1.29 is 64.6 Å². The van der Waals surface area contributed by atoms with Gasteiger partial charge in [-0.25, -0.2) is 0 Å². The van der Waals surface area contributed by atoms with Gasteiger partial charge in [-0.05, 0) is 30.0 Å². The molecule has 3 aliphatic rings. The number of hydrogen-bond donors (Lipinski definition) is 8. The van der Waals surface area contributed by atoms with Crippen LogP contribution in [0.2, 0.25) is 0 Å². The molecule has 5 unspecified atom stereocenters. The first-order chi connectivity index (χ1) is 20.4. The molecule has 0 amide bonds. The maximum absolute atomic E-state index is 13.0. The van der Waals surface area contributed by atoms with E-state index in [1.807, 2.05) is 0 Å². The highest BCUT2D eigenvalue weighted by Crippen LogP contribution is 2.44. The molecule has 0 aromatic heterocycles. The number of phenolic OH excluding ortho intramolecular Hbond substituents is 2. The number of benzene rings is 2. The number of rotatable bonds is 7. The van der Waals surface area contributed by atoms with Crippen molar-refractivity contribution in [1.82, 2.24) is 0 Å². The number of hydrogen-bond acceptors (Lipinski definition) is 13. The fraction of sp³-hybridized carbons (Fsp3) is 0.567. The van der Waals surface area contributed by atoms with E-state index in [1.165, 1.54) is 31.4 Å². The molecule has 1 heterocycles. The largest absolute Gasteiger partial charge is 0.507 e. The van der Waals surface area contributed by atoms with Crippen molar-refractivity contribution in [2.75, 3.05) is 13.7 Å². The summed E-state index contributed by atoms with van der Waals surface area (Å²) in [4.78, 5) is 13.0. The molecule has 0 radical (unpaired) electrons. The lowest BCUT2D eigenvalue weighted by molar-refractivity contribution is -0.195. The second kappa shape index (κ2) is 12.4. The number of ketones is 1. The van der Waals surface area contributed by atoms with Crippen LogP contribution in [0.25, 0.3) is 0 Å². The number of aliphatic hydroxyl groups is 6. The molecule has 0 spiro atoms. The zero-order valence-corrected chi connectivity index (χ0v) is 23.7. The zero-order chi connectivity index (χ0) is 31.2. The first-order valence-electron chi connectivity index (χ1n) is 14.2. The van der Waals surface area contributed by atoms with Crippen molar-refractivity contribution in [3.05, 3.63) is 41.5 Å². The van der Waals surface area contributed by atoms with E-state index >= 15 is 0 Å². The molecule has 2 saturated carbocycles. The molecule has 2 aromatic carbocycles. The van der Waals surface area contributed by atoms with Crippen LogP contribution in [0.1, 0.15) is 48.2 Å². The minimum absolute atomic E-state index is 0.0307. The van der Waals surface area contributed by atoms with E-state index in [2.05, 4.69) is 0 Å². The van der Waals surface area contributed by atoms with Crippen LogP contribution in [0.4, 0.5) is 0 Å². The summed E-state index contributed by atoms with van der Waals surface area (Å²) in [6.45, 7) is 1.47. The lowest BCUT2D eigenvalue weighted by atomic mass is 9.80. The maximum atomic E-state index is 13.0. The minimum atomic E-state index is -1.50. The fourth-order valence-corrected chi connectivity index (χ4v) is 6.15. The molecule has 2 aromatic rings. The quantitative estimate of drug-likeness (QED) is 0.211. The molecule has 5 rings (SSSR count). The Labute approximate surface area is 247 Å². The molecule has 13 nitrogen and oxygen atoms in total. The Morgan fingerprint density at radius 3 is 2.30 bits per heavy atom. The Morgan fingerprint density at radius 2 is 1.60 bits per heavy atom. The summed E-state index contributed by atoms with van der Waals surface area (Å²) in [5.74, 6) is -1.87. The first-order valence-corrected chi connectivity index (χ1v) is 14.2. The van der Waals surface area contributed by atoms with Gasteiger partial charge < -0.3 is 59.8 Å². The van der Waals surface area contributed by atoms with Crippen LogP contribution in [-0.2, 0) is 4.74 Å². The van der Waals surface area contributed by atoms with Crippen molar-refractivity contribution in [2.24, 2.45) is 11.8 Å². The van der Waals surface area contributed by atoms with Gasteiger partial charge in [0.1, 0.15) is 53.3 Å². The number of Topliss-reactive ketones (excluding diaryl/α,β-unsaturated/α-hetero) is 1. The Balaban J connectivity index is 1.36. The fourth-order valence-electron chi connectivity index (χ4n) is 6.15. The molecule has 43 heavy (non-hydrogen) atoms. The molecular weight excluding hydrogens is 568 g/mol. The van der Waals surface area contributed by atoms with Crippen molar-refractivity contribution in [3.8, 4) is 28.7 Å². The van der Waals surface area contributed by atoms with Crippen LogP contribution in [0.3, 0.4) is 0 Å². The van der Waals surface area contributed by atoms with Gasteiger partial charge >= 0.3 is 0 Å². The summed E-state index contributed by atoms with van der Waals surface area (Å²) in [6, 6.07) is 7.22. The number of carbonyl (C=O) groups is 1. The van der Waals surface area contributed by atoms with Gasteiger partial charge in [-0.3, -0.25) is 4.79 Å². The Bertz CT molecular complexity index is 1320. The van der Waals surface area contributed by atoms with E-state index < -0.39 is 72.4 Å². The van der Waals surface area contributed by atoms with Crippen LogP contribution in [0.5, 0.6) is 28.7 Å². The monoisotopic (exact) mass is 606 g/mol. The van der Waals surface area contributed by atoms with Crippen LogP contribution in [0, 0.1) is 11.8 Å². The molecule has 13 heteroatoms. The Kier molecular flexibility index (Phi) is 9.05. The Hall–Kier alpha value is -3.17. The highest BCUT2D eigenvalue weighted by molar-refractivity contribution is 6.02. The third kappa shape index (κ3) is 6.11. The van der Waals surface area contributed by atoms with E-state index in [0.29, 0.717) is 5.56 Å². The van der Waals surface area contributed by atoms with E-state index in [1.54, 1.807) is 13.0 Å². The van der Waals surface area contributed by atoms with E-state index in [4.69, 9.17) is 18.9 Å². The molecule has 2 fully saturated rings. The van der Waals surface area contributed by atoms with Crippen LogP contribution in [-0.4, -0.2) is 109 Å². The van der Waals surface area contributed by atoms with Crippen molar-refractivity contribution in [2.45, 2.75) is 81.1 Å². The number of ether oxygens (including phenoxy) is 4. The van der Waals surface area contributed by atoms with Crippen LogP contribution < -0.4 is 14.2 Å². The third-order valence-electron chi connectivity index (χ3n) is 8.74. The molecule has 0 bridgehead atoms. The summed E-state index contributed by atoms with van der Waals surface area (Å²) < 4.78 is 23.0. The standard InChI is InChI=1S/C30H38O13/c1-12-5-24(29(38)30(39)26(12)35)41-11-15-22(10-19(34)28(37)27(15)36)42-14-7-17(32)25-18(33)9-21(43-23(25)8-14)13-3-4-20(40-2)16(31)6-13/h3-4,6-8,12,15,19,21-22,24,26-32,34-39H,5,9-11H2,1-2H3/t12?,15?,19-,21+,22?,24-,26+,27-,28?,29-,30?/m1/s1. The molecule has 8 N–H and O–H groups in total. The topological polar surface area (TPSA) is 216 Å². The predicted molar refractivity (Wildman–Crippen MR) is 147 cm³/mol. The number of aromatic hydroxyl groups is 2. The normalized spacial score (nSPS) is 36.0. The SMILES string of the molecule is COc1ccc([C@@H]2CC(=O)c3c(O)cc(OC4C[C@@H](O)C(O)[C@H](O)C4CO[C@@H]4CC(C)[C@H](O)C(O)[C@@H]4O)cc3O2)cc1O. The maximum Gasteiger partial charge on any atom is 0.174 e. The second-order valence-corrected chi connectivity index (χ2v) is 11.6. The zero-order valence-electron chi connectivity index (χ0n) is 23.7. The van der Waals surface area contributed by atoms with Gasteiger partial charge in [0.15, 0.2) is 17.3 Å². The van der Waals surface area contributed by atoms with E-state index in [9.17, 15) is 45.6 Å². The first kappa shape index (κ1) is 31.3. The highest BCUT2D eigenvalue weighted by atomic mass is 16.5. The highest BCUT2D eigenvalue weighted by Gasteiger charge is 2.47. The van der Waals surface area contributed by atoms with Crippen molar-refractivity contribution in [1.29, 1.82) is 0 Å². The number of methoxy groups -OCH3 is 1. The van der Waals surface area contributed by atoms with Crippen LogP contribution in [0.15, 0.2) is 30.3 Å². The van der Waals surface area contributed by atoms with Crippen molar-refractivity contribution in [3.63, 3.8) is 0 Å². The van der Waals surface area contributed by atoms with Crippen molar-refractivity contribution >= 4 is 5.78 Å². The predicted octanol–water partition coefficient (Wildman–Crippen LogP) is 0.171. The molecule has 2 aliphatic carbocycles. The minimum Gasteiger partial charge on any atom is -0.507 e. The van der Waals surface area contributed by atoms with Crippen LogP contribution >= 0.6 is 0 Å². The molecule has 1 aliphatic heterocycles. The number of aliphatic hydroxyl groups excluding tert-OH is 6. The lowest BCUT2D eigenvalue weighted by Gasteiger charge is -2.43. The van der Waals surface area contributed by atoms with E-state index in [-0.39, 0.29) is 60.3 Å². The summed E-state index contributed by atoms with van der Waals surface area (Å²) in [7, 11) is 1.41. The van der Waals surface area contributed by atoms with Gasteiger partial charge in [-0.1, -0.05) is 13.0 Å². The number of phenols is 2. The van der Waals surface area contributed by atoms with Gasteiger partial charge in [-0.15, -0.1) is 0 Å². The lowest BCUT2D eigenvalue weighted by Crippen LogP contribution is -2.57. The summed E-state index contributed by atoms with van der Waals surface area (Å²) in [6.07, 6.45) is -10.8. The number of fused-ring (bicyclic) bond motifs is 1. The van der Waals surface area contributed by atoms with Gasteiger partial charge in [0.2, 0.25) is 0 Å². The van der Waals surface area contributed by atoms with Gasteiger partial charge in [-0.2, -0.15) is 0 Å². The summed E-state index contributed by atoms with van der Waals surface area (Å²) >= 11 is 0. The molecule has 236 valence electrons. The molecule has 11 atom stereocenters. The average Bonchev–Trinajstić information content (AvgIpc) is 2.96. The van der Waals surface area contributed by atoms with E-state index in [0.717, 1.165) is 0 Å². The number of carbonyl (C=O) groups excluding carboxylic acids is 1.